The molecule has 4 bridgehead atoms. The van der Waals surface area contributed by atoms with Gasteiger partial charge in [0.25, 0.3) is 5.91 Å². The molecule has 5 atom stereocenters. The summed E-state index contributed by atoms with van der Waals surface area (Å²) >= 11 is 0. The first-order chi connectivity index (χ1) is 12.8. The molecule has 4 saturated carbocycles. The minimum absolute atomic E-state index is 0.198. The van der Waals surface area contributed by atoms with Crippen molar-refractivity contribution in [3.63, 3.8) is 0 Å². The lowest BCUT2D eigenvalue weighted by Gasteiger charge is -2.58. The molecule has 146 valence electrons. The number of esters is 1. The highest BCUT2D eigenvalue weighted by molar-refractivity contribution is 5.85. The summed E-state index contributed by atoms with van der Waals surface area (Å²) in [7, 11) is 1.73. The predicted molar refractivity (Wildman–Crippen MR) is 101 cm³/mol. The number of aliphatic hydroxyl groups is 1. The Morgan fingerprint density at radius 3 is 2.41 bits per heavy atom. The first-order valence-corrected chi connectivity index (χ1v) is 10.0. The number of rotatable bonds is 5. The Labute approximate surface area is 160 Å². The Hall–Kier alpha value is -1.88. The Kier molecular flexibility index (Phi) is 4.53. The van der Waals surface area contributed by atoms with Gasteiger partial charge in [-0.2, -0.15) is 0 Å². The molecular formula is C22H29NO4. The number of nitrogens with zero attached hydrogens (tertiary/aromatic N) is 1. The second-order valence-electron chi connectivity index (χ2n) is 9.19. The van der Waals surface area contributed by atoms with Crippen LogP contribution in [0.2, 0.25) is 0 Å². The number of hydrogen-bond acceptors (Lipinski definition) is 4. The summed E-state index contributed by atoms with van der Waals surface area (Å²) in [6.07, 6.45) is 4.02. The summed E-state index contributed by atoms with van der Waals surface area (Å²) in [6, 6.07) is 9.76. The van der Waals surface area contributed by atoms with Crippen molar-refractivity contribution in [1.29, 1.82) is 0 Å². The molecular weight excluding hydrogens is 342 g/mol. The fourth-order valence-electron chi connectivity index (χ4n) is 6.03. The van der Waals surface area contributed by atoms with E-state index < -0.39 is 17.1 Å². The third-order valence-corrected chi connectivity index (χ3v) is 6.73. The molecule has 1 aromatic rings. The molecule has 1 aromatic carbocycles. The van der Waals surface area contributed by atoms with Gasteiger partial charge in [0.2, 0.25) is 0 Å². The van der Waals surface area contributed by atoms with E-state index in [-0.39, 0.29) is 11.9 Å². The minimum atomic E-state index is -0.811. The van der Waals surface area contributed by atoms with Gasteiger partial charge in [0, 0.05) is 13.6 Å². The molecule has 0 radical (unpaired) electrons. The number of carbonyl (C=O) groups is 2. The highest BCUT2D eigenvalue weighted by Gasteiger charge is 2.61. The zero-order valence-electron chi connectivity index (χ0n) is 16.2. The Bertz CT molecular complexity index is 717. The molecule has 5 nitrogen and oxygen atoms in total. The number of likely N-dealkylation sites (N-methyl/N-ethyl adjacent to an activating group) is 1. The number of hydrogen-bond donors (Lipinski definition) is 1. The average molecular weight is 371 g/mol. The van der Waals surface area contributed by atoms with E-state index in [1.54, 1.807) is 18.9 Å². The molecule has 27 heavy (non-hydrogen) atoms. The van der Waals surface area contributed by atoms with E-state index in [0.717, 1.165) is 37.7 Å². The van der Waals surface area contributed by atoms with Gasteiger partial charge in [-0.05, 0) is 62.8 Å². The first kappa shape index (κ1) is 18.5. The third kappa shape index (κ3) is 3.49. The summed E-state index contributed by atoms with van der Waals surface area (Å²) in [5, 5.41) is 10.8. The van der Waals surface area contributed by atoms with Crippen LogP contribution in [0, 0.1) is 17.3 Å². The lowest BCUT2D eigenvalue weighted by atomic mass is 9.48. The summed E-state index contributed by atoms with van der Waals surface area (Å²) < 4.78 is 5.66. The van der Waals surface area contributed by atoms with Crippen LogP contribution in [0.25, 0.3) is 0 Å². The molecule has 2 unspecified atom stereocenters. The van der Waals surface area contributed by atoms with E-state index in [1.165, 1.54) is 0 Å². The van der Waals surface area contributed by atoms with Gasteiger partial charge in [-0.3, -0.25) is 9.59 Å². The van der Waals surface area contributed by atoms with Gasteiger partial charge in [0.1, 0.15) is 0 Å². The van der Waals surface area contributed by atoms with Crippen LogP contribution in [0.3, 0.4) is 0 Å². The first-order valence-electron chi connectivity index (χ1n) is 10.0. The fourth-order valence-corrected chi connectivity index (χ4v) is 6.03. The van der Waals surface area contributed by atoms with Crippen LogP contribution in [0.15, 0.2) is 30.3 Å². The smallest absolute Gasteiger partial charge is 0.312 e. The maximum atomic E-state index is 13.0. The van der Waals surface area contributed by atoms with Crippen LogP contribution in [0.5, 0.6) is 0 Å². The van der Waals surface area contributed by atoms with Gasteiger partial charge < -0.3 is 14.7 Å². The van der Waals surface area contributed by atoms with Gasteiger partial charge in [-0.15, -0.1) is 0 Å². The number of ether oxygens (including phenoxy) is 1. The topological polar surface area (TPSA) is 66.8 Å². The van der Waals surface area contributed by atoms with E-state index in [0.29, 0.717) is 24.8 Å². The molecule has 0 aromatic heterocycles. The molecule has 0 saturated heterocycles. The predicted octanol–water partition coefficient (Wildman–Crippen LogP) is 2.91. The highest BCUT2D eigenvalue weighted by Crippen LogP contribution is 2.62. The van der Waals surface area contributed by atoms with E-state index >= 15 is 0 Å². The summed E-state index contributed by atoms with van der Waals surface area (Å²) in [5.74, 6) is 0.339. The standard InChI is InChI=1S/C22H29NO4/c1-15(19(24)23(2)13-16-6-4-3-5-7-16)27-20(25)21-9-17-8-18(10-21)12-22(26,11-17)14-21/h3-7,15,17-18,26H,8-14H2,1-2H3/t15-,17-,18+,21?,22?/m0/s1. The molecule has 5 rings (SSSR count). The van der Waals surface area contributed by atoms with Crippen molar-refractivity contribution < 1.29 is 19.4 Å². The molecule has 1 N–H and O–H groups in total. The molecule has 4 aliphatic rings. The van der Waals surface area contributed by atoms with Gasteiger partial charge >= 0.3 is 5.97 Å². The van der Waals surface area contributed by atoms with Crippen molar-refractivity contribution in [2.75, 3.05) is 7.05 Å². The lowest BCUT2D eigenvalue weighted by Crippen LogP contribution is -2.59. The Morgan fingerprint density at radius 2 is 1.81 bits per heavy atom. The van der Waals surface area contributed by atoms with E-state index in [9.17, 15) is 14.7 Å². The number of carbonyl (C=O) groups excluding carboxylic acids is 2. The van der Waals surface area contributed by atoms with E-state index in [1.807, 2.05) is 30.3 Å². The monoisotopic (exact) mass is 371 g/mol. The normalized spacial score (nSPS) is 34.9. The van der Waals surface area contributed by atoms with Crippen molar-refractivity contribution in [2.24, 2.45) is 17.3 Å². The lowest BCUT2D eigenvalue weighted by molar-refractivity contribution is -0.200. The largest absolute Gasteiger partial charge is 0.452 e. The van der Waals surface area contributed by atoms with Crippen molar-refractivity contribution in [3.8, 4) is 0 Å². The third-order valence-electron chi connectivity index (χ3n) is 6.73. The van der Waals surface area contributed by atoms with Crippen LogP contribution >= 0.6 is 0 Å². The molecule has 0 heterocycles. The second-order valence-corrected chi connectivity index (χ2v) is 9.19. The Balaban J connectivity index is 1.40. The highest BCUT2D eigenvalue weighted by atomic mass is 16.5. The van der Waals surface area contributed by atoms with Crippen LogP contribution in [-0.4, -0.2) is 40.6 Å². The van der Waals surface area contributed by atoms with Crippen LogP contribution in [-0.2, 0) is 20.9 Å². The molecule has 1 amide bonds. The van der Waals surface area contributed by atoms with E-state index in [2.05, 4.69) is 0 Å². The SMILES string of the molecule is C[C@H](OC(=O)C12C[C@@H]3C[C@@H](CC(O)(C3)C1)C2)C(=O)N(C)Cc1ccccc1. The molecule has 0 aliphatic heterocycles. The quantitative estimate of drug-likeness (QED) is 0.808. The summed E-state index contributed by atoms with van der Waals surface area (Å²) in [6.45, 7) is 2.13. The average Bonchev–Trinajstić information content (AvgIpc) is 2.59. The van der Waals surface area contributed by atoms with Crippen molar-refractivity contribution >= 4 is 11.9 Å². The second kappa shape index (κ2) is 6.62. The van der Waals surface area contributed by atoms with Gasteiger partial charge in [0.05, 0.1) is 11.0 Å². The van der Waals surface area contributed by atoms with Crippen LogP contribution < -0.4 is 0 Å². The molecule has 0 spiro atoms. The summed E-state index contributed by atoms with van der Waals surface area (Å²) in [5.41, 5.74) is -0.263. The maximum Gasteiger partial charge on any atom is 0.312 e. The number of benzene rings is 1. The Morgan fingerprint density at radius 1 is 1.19 bits per heavy atom. The number of amides is 1. The van der Waals surface area contributed by atoms with E-state index in [4.69, 9.17) is 4.74 Å². The maximum absolute atomic E-state index is 13.0. The van der Waals surface area contributed by atoms with Gasteiger partial charge in [0.15, 0.2) is 6.10 Å². The van der Waals surface area contributed by atoms with Crippen molar-refractivity contribution in [3.05, 3.63) is 35.9 Å². The molecule has 4 fully saturated rings. The van der Waals surface area contributed by atoms with Crippen molar-refractivity contribution in [2.45, 2.75) is 63.7 Å². The molecule has 5 heteroatoms. The van der Waals surface area contributed by atoms with Gasteiger partial charge in [-0.1, -0.05) is 30.3 Å². The van der Waals surface area contributed by atoms with Crippen LogP contribution in [0.4, 0.5) is 0 Å². The van der Waals surface area contributed by atoms with Crippen LogP contribution in [0.1, 0.15) is 51.0 Å². The van der Waals surface area contributed by atoms with Gasteiger partial charge in [-0.25, -0.2) is 0 Å². The fraction of sp³-hybridized carbons (Fsp3) is 0.636. The summed E-state index contributed by atoms with van der Waals surface area (Å²) in [4.78, 5) is 27.3. The minimum Gasteiger partial charge on any atom is -0.452 e. The van der Waals surface area contributed by atoms with Crippen molar-refractivity contribution in [1.82, 2.24) is 4.90 Å². The zero-order valence-corrected chi connectivity index (χ0v) is 16.2. The zero-order chi connectivity index (χ0) is 19.2. The molecule has 4 aliphatic carbocycles.